The monoisotopic (exact) mass is 180 g/mol. The van der Waals surface area contributed by atoms with Crippen molar-refractivity contribution in [3.8, 4) is 5.75 Å². The van der Waals surface area contributed by atoms with E-state index in [0.29, 0.717) is 6.61 Å². The second kappa shape index (κ2) is 3.75. The van der Waals surface area contributed by atoms with Crippen LogP contribution in [-0.2, 0) is 5.54 Å². The molecule has 2 rings (SSSR count). The fourth-order valence-electron chi connectivity index (χ4n) is 1.24. The van der Waals surface area contributed by atoms with E-state index in [2.05, 4.69) is 4.98 Å². The van der Waals surface area contributed by atoms with Crippen LogP contribution in [0.15, 0.2) is 18.5 Å². The van der Waals surface area contributed by atoms with E-state index in [-0.39, 0.29) is 5.54 Å². The highest BCUT2D eigenvalue weighted by Crippen LogP contribution is 2.33. The third-order valence-electron chi connectivity index (χ3n) is 1.92. The molecule has 0 bridgehead atoms. The molecule has 0 saturated carbocycles. The first-order valence-electron chi connectivity index (χ1n) is 4.56. The van der Waals surface area contributed by atoms with Gasteiger partial charge in [0.1, 0.15) is 12.4 Å². The number of rotatable bonds is 0. The fraction of sp³-hybridized carbons (Fsp3) is 0.500. The maximum Gasteiger partial charge on any atom is 0.127 e. The predicted octanol–water partition coefficient (Wildman–Crippen LogP) is 1.67. The number of nitrogens with two attached hydrogens (primary N) is 1. The van der Waals surface area contributed by atoms with Gasteiger partial charge in [0.15, 0.2) is 0 Å². The Labute approximate surface area is 78.9 Å². The number of ether oxygens (including phenoxy) is 1. The predicted molar refractivity (Wildman–Crippen MR) is 52.6 cm³/mol. The molecule has 0 spiro atoms. The zero-order valence-corrected chi connectivity index (χ0v) is 8.37. The van der Waals surface area contributed by atoms with Crippen LogP contribution in [0.4, 0.5) is 0 Å². The third-order valence-corrected chi connectivity index (χ3v) is 1.92. The molecule has 2 N–H and O–H groups in total. The Kier molecular flexibility index (Phi) is 2.88. The van der Waals surface area contributed by atoms with Crippen molar-refractivity contribution in [1.29, 1.82) is 0 Å². The topological polar surface area (TPSA) is 48.1 Å². The second-order valence-electron chi connectivity index (χ2n) is 3.08. The molecule has 1 aliphatic heterocycles. The van der Waals surface area contributed by atoms with Crippen LogP contribution < -0.4 is 10.5 Å². The lowest BCUT2D eigenvalue weighted by Gasteiger charge is -2.13. The number of hydrogen-bond donors (Lipinski definition) is 1. The largest absolute Gasteiger partial charge is 0.491 e. The SMILES string of the molecule is CC.CC1(N)COc2ccncc21. The average molecular weight is 180 g/mol. The van der Waals surface area contributed by atoms with Crippen LogP contribution in [0, 0.1) is 0 Å². The van der Waals surface area contributed by atoms with Crippen LogP contribution in [0.1, 0.15) is 26.3 Å². The minimum Gasteiger partial charge on any atom is -0.491 e. The molecule has 3 nitrogen and oxygen atoms in total. The summed E-state index contributed by atoms with van der Waals surface area (Å²) in [5, 5.41) is 0. The van der Waals surface area contributed by atoms with Crippen molar-refractivity contribution in [2.24, 2.45) is 5.73 Å². The van der Waals surface area contributed by atoms with Gasteiger partial charge in [-0.3, -0.25) is 4.98 Å². The van der Waals surface area contributed by atoms with Crippen molar-refractivity contribution in [2.45, 2.75) is 26.3 Å². The average Bonchev–Trinajstić information content (AvgIpc) is 2.47. The Balaban J connectivity index is 0.000000396. The normalized spacial score (nSPS) is 24.0. The molecule has 0 aliphatic carbocycles. The molecule has 1 aliphatic rings. The van der Waals surface area contributed by atoms with E-state index in [1.807, 2.05) is 26.8 Å². The highest BCUT2D eigenvalue weighted by atomic mass is 16.5. The van der Waals surface area contributed by atoms with Crippen molar-refractivity contribution >= 4 is 0 Å². The van der Waals surface area contributed by atoms with E-state index < -0.39 is 0 Å². The van der Waals surface area contributed by atoms with Crippen molar-refractivity contribution in [3.63, 3.8) is 0 Å². The Morgan fingerprint density at radius 3 is 2.85 bits per heavy atom. The first-order valence-corrected chi connectivity index (χ1v) is 4.56. The van der Waals surface area contributed by atoms with Crippen molar-refractivity contribution in [2.75, 3.05) is 6.61 Å². The molecule has 1 atom stereocenters. The van der Waals surface area contributed by atoms with Crippen LogP contribution in [-0.4, -0.2) is 11.6 Å². The zero-order valence-electron chi connectivity index (χ0n) is 8.37. The fourth-order valence-corrected chi connectivity index (χ4v) is 1.24. The quantitative estimate of drug-likeness (QED) is 0.660. The summed E-state index contributed by atoms with van der Waals surface area (Å²) >= 11 is 0. The Bertz CT molecular complexity index is 284. The number of pyridine rings is 1. The van der Waals surface area contributed by atoms with Gasteiger partial charge in [-0.15, -0.1) is 0 Å². The molecule has 13 heavy (non-hydrogen) atoms. The zero-order chi connectivity index (χ0) is 9.90. The summed E-state index contributed by atoms with van der Waals surface area (Å²) < 4.78 is 5.35. The summed E-state index contributed by atoms with van der Waals surface area (Å²) in [6, 6.07) is 1.84. The molecule has 2 heterocycles. The summed E-state index contributed by atoms with van der Waals surface area (Å²) in [6.07, 6.45) is 3.47. The Hall–Kier alpha value is -1.09. The van der Waals surface area contributed by atoms with Crippen LogP contribution >= 0.6 is 0 Å². The van der Waals surface area contributed by atoms with Crippen LogP contribution in [0.2, 0.25) is 0 Å². The van der Waals surface area contributed by atoms with Gasteiger partial charge in [-0.05, 0) is 13.0 Å². The van der Waals surface area contributed by atoms with Gasteiger partial charge in [-0.2, -0.15) is 0 Å². The molecule has 0 aromatic carbocycles. The molecule has 0 saturated heterocycles. The lowest BCUT2D eigenvalue weighted by atomic mass is 9.98. The van der Waals surface area contributed by atoms with Gasteiger partial charge in [0.25, 0.3) is 0 Å². The smallest absolute Gasteiger partial charge is 0.127 e. The van der Waals surface area contributed by atoms with E-state index in [0.717, 1.165) is 11.3 Å². The number of nitrogens with zero attached hydrogens (tertiary/aromatic N) is 1. The van der Waals surface area contributed by atoms with E-state index in [1.54, 1.807) is 12.4 Å². The third kappa shape index (κ3) is 1.80. The molecular formula is C10H16N2O. The summed E-state index contributed by atoms with van der Waals surface area (Å²) in [5.41, 5.74) is 6.57. The summed E-state index contributed by atoms with van der Waals surface area (Å²) in [4.78, 5) is 3.99. The molecular weight excluding hydrogens is 164 g/mol. The van der Waals surface area contributed by atoms with E-state index in [9.17, 15) is 0 Å². The standard InChI is InChI=1S/C8H10N2O.C2H6/c1-8(9)5-11-7-2-3-10-4-6(7)8;1-2/h2-4H,5,9H2,1H3;1-2H3. The van der Waals surface area contributed by atoms with Gasteiger partial charge in [-0.25, -0.2) is 0 Å². The molecule has 0 amide bonds. The Morgan fingerprint density at radius 1 is 1.54 bits per heavy atom. The number of fused-ring (bicyclic) bond motifs is 1. The van der Waals surface area contributed by atoms with Gasteiger partial charge in [-0.1, -0.05) is 13.8 Å². The maximum absolute atomic E-state index is 5.92. The van der Waals surface area contributed by atoms with Crippen LogP contribution in [0.25, 0.3) is 0 Å². The van der Waals surface area contributed by atoms with Crippen molar-refractivity contribution in [1.82, 2.24) is 4.98 Å². The Morgan fingerprint density at radius 2 is 2.23 bits per heavy atom. The molecule has 3 heteroatoms. The van der Waals surface area contributed by atoms with Gasteiger partial charge < -0.3 is 10.5 Å². The lowest BCUT2D eigenvalue weighted by Crippen LogP contribution is -2.34. The first-order chi connectivity index (χ1) is 6.20. The highest BCUT2D eigenvalue weighted by Gasteiger charge is 2.32. The lowest BCUT2D eigenvalue weighted by molar-refractivity contribution is 0.283. The van der Waals surface area contributed by atoms with E-state index >= 15 is 0 Å². The summed E-state index contributed by atoms with van der Waals surface area (Å²) in [6.45, 7) is 6.49. The molecule has 0 fully saturated rings. The maximum atomic E-state index is 5.92. The second-order valence-corrected chi connectivity index (χ2v) is 3.08. The van der Waals surface area contributed by atoms with Gasteiger partial charge in [0, 0.05) is 18.0 Å². The van der Waals surface area contributed by atoms with Crippen molar-refractivity contribution < 1.29 is 4.74 Å². The molecule has 72 valence electrons. The van der Waals surface area contributed by atoms with Crippen molar-refractivity contribution in [3.05, 3.63) is 24.0 Å². The molecule has 1 aromatic heterocycles. The summed E-state index contributed by atoms with van der Waals surface area (Å²) in [7, 11) is 0. The van der Waals surface area contributed by atoms with Gasteiger partial charge >= 0.3 is 0 Å². The minimum absolute atomic E-state index is 0.358. The van der Waals surface area contributed by atoms with E-state index in [1.165, 1.54) is 0 Å². The van der Waals surface area contributed by atoms with Gasteiger partial charge in [0.05, 0.1) is 5.54 Å². The summed E-state index contributed by atoms with van der Waals surface area (Å²) in [5.74, 6) is 0.866. The minimum atomic E-state index is -0.358. The number of aromatic nitrogens is 1. The van der Waals surface area contributed by atoms with Crippen LogP contribution in [0.3, 0.4) is 0 Å². The first kappa shape index (κ1) is 9.99. The molecule has 1 unspecified atom stereocenters. The van der Waals surface area contributed by atoms with Crippen LogP contribution in [0.5, 0.6) is 5.75 Å². The molecule has 0 radical (unpaired) electrons. The van der Waals surface area contributed by atoms with E-state index in [4.69, 9.17) is 10.5 Å². The number of hydrogen-bond acceptors (Lipinski definition) is 3. The molecule has 1 aromatic rings. The van der Waals surface area contributed by atoms with Gasteiger partial charge in [0.2, 0.25) is 0 Å². The highest BCUT2D eigenvalue weighted by molar-refractivity contribution is 5.39.